The number of aryl methyl sites for hydroxylation is 1. The summed E-state index contributed by atoms with van der Waals surface area (Å²) in [6, 6.07) is 35.3. The van der Waals surface area contributed by atoms with Crippen molar-refractivity contribution in [3.8, 4) is 34.1 Å². The van der Waals surface area contributed by atoms with Gasteiger partial charge in [-0.3, -0.25) is 4.68 Å². The van der Waals surface area contributed by atoms with Crippen molar-refractivity contribution in [3.63, 3.8) is 0 Å². The maximum absolute atomic E-state index is 6.75. The standard InChI is InChI=1S/C50H56N4O.Pt/c1-31(2)25-34-23-24-51-45(26-34)53-43-20-15-14-17-39(43)40-22-21-37(30-44(40)53)55-38-28-35(48(5,6)7)27-36(29-38)54-33(4)46(32(3)52-54)47-41(49(8,9)10)18-16-19-42(47)50(11,12)13;/h14-24,26-28,31H,25H2,1-13H3;/q-2;+2. The van der Waals surface area contributed by atoms with Crippen molar-refractivity contribution < 1.29 is 25.8 Å². The molecule has 0 saturated carbocycles. The molecule has 0 unspecified atom stereocenters. The van der Waals surface area contributed by atoms with Crippen LogP contribution < -0.4 is 4.74 Å². The first kappa shape index (κ1) is 41.2. The van der Waals surface area contributed by atoms with Crippen molar-refractivity contribution in [1.29, 1.82) is 0 Å². The number of pyridine rings is 1. The average Bonchev–Trinajstić information content (AvgIpc) is 3.58. The van der Waals surface area contributed by atoms with Gasteiger partial charge in [0.15, 0.2) is 0 Å². The third kappa shape index (κ3) is 7.90. The number of rotatable bonds is 7. The fourth-order valence-corrected chi connectivity index (χ4v) is 7.91. The van der Waals surface area contributed by atoms with Crippen molar-refractivity contribution >= 4 is 21.8 Å². The van der Waals surface area contributed by atoms with Gasteiger partial charge in [0.05, 0.1) is 5.69 Å². The molecule has 0 bridgehead atoms. The van der Waals surface area contributed by atoms with Crippen LogP contribution in [0, 0.1) is 31.9 Å². The van der Waals surface area contributed by atoms with E-state index in [0.29, 0.717) is 17.4 Å². The molecule has 0 saturated heterocycles. The Balaban J connectivity index is 0.00000532. The van der Waals surface area contributed by atoms with E-state index in [2.05, 4.69) is 184 Å². The van der Waals surface area contributed by atoms with E-state index in [-0.39, 0.29) is 37.3 Å². The zero-order valence-electron chi connectivity index (χ0n) is 35.4. The summed E-state index contributed by atoms with van der Waals surface area (Å²) in [6.07, 6.45) is 2.91. The Bertz CT molecular complexity index is 2520. The molecule has 0 aliphatic rings. The Morgan fingerprint density at radius 3 is 2.02 bits per heavy atom. The molecule has 292 valence electrons. The number of aromatic nitrogens is 4. The third-order valence-corrected chi connectivity index (χ3v) is 10.6. The first-order chi connectivity index (χ1) is 25.8. The molecule has 0 spiro atoms. The van der Waals surface area contributed by atoms with Crippen LogP contribution in [0.15, 0.2) is 85.1 Å². The minimum absolute atomic E-state index is 0. The summed E-state index contributed by atoms with van der Waals surface area (Å²) in [4.78, 5) is 4.85. The zero-order valence-corrected chi connectivity index (χ0v) is 37.7. The van der Waals surface area contributed by atoms with E-state index in [0.717, 1.165) is 56.7 Å². The Kier molecular flexibility index (Phi) is 11.1. The summed E-state index contributed by atoms with van der Waals surface area (Å²) in [7, 11) is 0. The molecule has 0 radical (unpaired) electrons. The van der Waals surface area contributed by atoms with E-state index in [1.165, 1.54) is 27.8 Å². The van der Waals surface area contributed by atoms with Gasteiger partial charge in [0.1, 0.15) is 5.82 Å². The van der Waals surface area contributed by atoms with Crippen LogP contribution in [0.2, 0.25) is 0 Å². The SMILES string of the molecule is Cc1nn(-c2[c-]c(Oc3[c-]c4c(cc3)c3ccccc3n4-c3cc(CC(C)C)ccn3)cc(C(C)(C)C)c2)c(C)c1-c1c(C(C)(C)C)cccc1C(C)(C)C.[Pt+2]. The first-order valence-electron chi connectivity index (χ1n) is 19.7. The molecule has 5 nitrogen and oxygen atoms in total. The van der Waals surface area contributed by atoms with Crippen molar-refractivity contribution in [1.82, 2.24) is 19.3 Å². The van der Waals surface area contributed by atoms with E-state index in [1.807, 2.05) is 12.3 Å². The van der Waals surface area contributed by atoms with Crippen LogP contribution in [-0.2, 0) is 43.7 Å². The topological polar surface area (TPSA) is 44.9 Å². The molecule has 0 atom stereocenters. The number of nitrogens with zero attached hydrogens (tertiary/aromatic N) is 4. The van der Waals surface area contributed by atoms with Gasteiger partial charge in [-0.05, 0) is 94.0 Å². The molecule has 0 aliphatic carbocycles. The van der Waals surface area contributed by atoms with Gasteiger partial charge in [0.2, 0.25) is 0 Å². The van der Waals surface area contributed by atoms with Crippen LogP contribution in [0.1, 0.15) is 110 Å². The average molecular weight is 924 g/mol. The molecule has 0 amide bonds. The van der Waals surface area contributed by atoms with Crippen molar-refractivity contribution in [2.45, 2.75) is 113 Å². The molecule has 3 heterocycles. The second kappa shape index (κ2) is 15.1. The molecule has 3 aromatic heterocycles. The Labute approximate surface area is 348 Å². The molecule has 7 rings (SSSR count). The van der Waals surface area contributed by atoms with Gasteiger partial charge in [-0.25, -0.2) is 4.98 Å². The quantitative estimate of drug-likeness (QED) is 0.150. The van der Waals surface area contributed by atoms with Crippen LogP contribution >= 0.6 is 0 Å². The summed E-state index contributed by atoms with van der Waals surface area (Å²) < 4.78 is 11.0. The fourth-order valence-electron chi connectivity index (χ4n) is 7.91. The third-order valence-electron chi connectivity index (χ3n) is 10.6. The van der Waals surface area contributed by atoms with Crippen molar-refractivity contribution in [2.75, 3.05) is 0 Å². The van der Waals surface area contributed by atoms with E-state index in [9.17, 15) is 0 Å². The maximum Gasteiger partial charge on any atom is 2.00 e. The summed E-state index contributed by atoms with van der Waals surface area (Å²) in [5, 5.41) is 7.48. The molecule has 4 aromatic carbocycles. The zero-order chi connectivity index (χ0) is 39.6. The molecular formula is C50H56N4OPt. The number of fused-ring (bicyclic) bond motifs is 3. The van der Waals surface area contributed by atoms with Crippen LogP contribution in [-0.4, -0.2) is 19.3 Å². The Hall–Kier alpha value is -4.47. The number of ether oxygens (including phenoxy) is 1. The van der Waals surface area contributed by atoms with Gasteiger partial charge in [-0.2, -0.15) is 11.2 Å². The van der Waals surface area contributed by atoms with Gasteiger partial charge in [-0.15, -0.1) is 41.3 Å². The Morgan fingerprint density at radius 1 is 0.696 bits per heavy atom. The first-order valence-corrected chi connectivity index (χ1v) is 19.7. The number of benzene rings is 4. The number of hydrogen-bond acceptors (Lipinski definition) is 3. The van der Waals surface area contributed by atoms with E-state index < -0.39 is 0 Å². The molecule has 6 heteroatoms. The maximum atomic E-state index is 6.75. The van der Waals surface area contributed by atoms with Crippen molar-refractivity contribution in [3.05, 3.63) is 131 Å². The van der Waals surface area contributed by atoms with Crippen LogP contribution in [0.25, 0.3) is 44.4 Å². The van der Waals surface area contributed by atoms with Crippen molar-refractivity contribution in [2.24, 2.45) is 5.92 Å². The molecule has 0 N–H and O–H groups in total. The van der Waals surface area contributed by atoms with E-state index >= 15 is 0 Å². The van der Waals surface area contributed by atoms with E-state index in [4.69, 9.17) is 14.8 Å². The monoisotopic (exact) mass is 923 g/mol. The molecule has 0 fully saturated rings. The van der Waals surface area contributed by atoms with Gasteiger partial charge >= 0.3 is 21.1 Å². The summed E-state index contributed by atoms with van der Waals surface area (Å²) >= 11 is 0. The summed E-state index contributed by atoms with van der Waals surface area (Å²) in [5.41, 5.74) is 12.2. The predicted molar refractivity (Wildman–Crippen MR) is 229 cm³/mol. The molecule has 56 heavy (non-hydrogen) atoms. The summed E-state index contributed by atoms with van der Waals surface area (Å²) in [5.74, 6) is 2.67. The smallest absolute Gasteiger partial charge is 0.509 e. The minimum Gasteiger partial charge on any atom is -0.509 e. The van der Waals surface area contributed by atoms with Crippen LogP contribution in [0.5, 0.6) is 11.5 Å². The fraction of sp³-hybridized carbons (Fsp3) is 0.360. The summed E-state index contributed by atoms with van der Waals surface area (Å²) in [6.45, 7) is 29.3. The minimum atomic E-state index is -0.147. The second-order valence-electron chi connectivity index (χ2n) is 18.7. The van der Waals surface area contributed by atoms with Gasteiger partial charge in [0, 0.05) is 34.5 Å². The van der Waals surface area contributed by atoms with Gasteiger partial charge in [-0.1, -0.05) is 118 Å². The number of para-hydroxylation sites is 1. The molecule has 7 aromatic rings. The van der Waals surface area contributed by atoms with Gasteiger partial charge < -0.3 is 9.30 Å². The van der Waals surface area contributed by atoms with E-state index in [1.54, 1.807) is 0 Å². The van der Waals surface area contributed by atoms with Crippen LogP contribution in [0.3, 0.4) is 0 Å². The van der Waals surface area contributed by atoms with Gasteiger partial charge in [0.25, 0.3) is 0 Å². The normalized spacial score (nSPS) is 12.5. The largest absolute Gasteiger partial charge is 2.00 e. The molecular weight excluding hydrogens is 868 g/mol. The number of hydrogen-bond donors (Lipinski definition) is 0. The molecule has 0 aliphatic heterocycles. The predicted octanol–water partition coefficient (Wildman–Crippen LogP) is 13.1. The Morgan fingerprint density at radius 2 is 1.38 bits per heavy atom. The second-order valence-corrected chi connectivity index (χ2v) is 18.7. The van der Waals surface area contributed by atoms with Crippen LogP contribution in [0.4, 0.5) is 0 Å².